The Morgan fingerprint density at radius 1 is 1.34 bits per heavy atom. The Hall–Kier alpha value is -3.23. The van der Waals surface area contributed by atoms with Crippen LogP contribution in [0.2, 0.25) is 0 Å². The molecule has 1 aliphatic heterocycles. The van der Waals surface area contributed by atoms with Gasteiger partial charge in [0.25, 0.3) is 0 Å². The van der Waals surface area contributed by atoms with E-state index in [0.29, 0.717) is 32.7 Å². The van der Waals surface area contributed by atoms with Crippen LogP contribution in [0.5, 0.6) is 0 Å². The lowest BCUT2D eigenvalue weighted by molar-refractivity contribution is -0.383. The maximum absolute atomic E-state index is 12.1. The zero-order valence-electron chi connectivity index (χ0n) is 16.7. The Morgan fingerprint density at radius 3 is 2.79 bits per heavy atom. The van der Waals surface area contributed by atoms with Crippen molar-refractivity contribution in [3.63, 3.8) is 0 Å². The maximum atomic E-state index is 12.1. The fourth-order valence-corrected chi connectivity index (χ4v) is 3.59. The molecule has 1 aromatic carbocycles. The molecule has 1 saturated heterocycles. The standard InChI is InChI=1S/C20H25N5O4/c1-3-29-20(26)16-10-7-11-24(13-16)19-17(25(27)28)18(21-14-22-19)23(2)12-15-8-5-4-6-9-15/h4-6,8-9,14,16H,3,7,10-13H2,1-2H3. The third kappa shape index (κ3) is 4.79. The molecule has 2 aromatic rings. The fraction of sp³-hybridized carbons (Fsp3) is 0.450. The molecule has 1 fully saturated rings. The molecule has 1 unspecified atom stereocenters. The van der Waals surface area contributed by atoms with Gasteiger partial charge >= 0.3 is 11.7 Å². The Labute approximate surface area is 169 Å². The summed E-state index contributed by atoms with van der Waals surface area (Å²) in [6.07, 6.45) is 2.78. The quantitative estimate of drug-likeness (QED) is 0.398. The summed E-state index contributed by atoms with van der Waals surface area (Å²) in [6, 6.07) is 9.68. The predicted octanol–water partition coefficient (Wildman–Crippen LogP) is 2.80. The zero-order chi connectivity index (χ0) is 20.8. The minimum Gasteiger partial charge on any atom is -0.466 e. The van der Waals surface area contributed by atoms with E-state index in [1.807, 2.05) is 30.3 Å². The molecule has 0 bridgehead atoms. The van der Waals surface area contributed by atoms with Gasteiger partial charge in [-0.1, -0.05) is 30.3 Å². The second-order valence-electron chi connectivity index (χ2n) is 7.01. The van der Waals surface area contributed by atoms with Crippen LogP contribution in [0.3, 0.4) is 0 Å². The summed E-state index contributed by atoms with van der Waals surface area (Å²) in [4.78, 5) is 35.6. The molecule has 1 aliphatic rings. The van der Waals surface area contributed by atoms with E-state index >= 15 is 0 Å². The highest BCUT2D eigenvalue weighted by molar-refractivity contribution is 5.75. The van der Waals surface area contributed by atoms with E-state index in [0.717, 1.165) is 12.0 Å². The van der Waals surface area contributed by atoms with Gasteiger partial charge in [-0.25, -0.2) is 9.97 Å². The summed E-state index contributed by atoms with van der Waals surface area (Å²) >= 11 is 0. The van der Waals surface area contributed by atoms with Crippen molar-refractivity contribution in [1.29, 1.82) is 0 Å². The van der Waals surface area contributed by atoms with Gasteiger partial charge in [0.2, 0.25) is 11.6 Å². The molecule has 1 atom stereocenters. The molecule has 0 saturated carbocycles. The SMILES string of the molecule is CCOC(=O)C1CCCN(c2ncnc(N(C)Cc3ccccc3)c2[N+](=O)[O-])C1. The molecule has 29 heavy (non-hydrogen) atoms. The first-order chi connectivity index (χ1) is 14.0. The number of benzene rings is 1. The first kappa shape index (κ1) is 20.5. The van der Waals surface area contributed by atoms with Crippen LogP contribution in [0.4, 0.5) is 17.3 Å². The fourth-order valence-electron chi connectivity index (χ4n) is 3.59. The van der Waals surface area contributed by atoms with Crippen molar-refractivity contribution in [1.82, 2.24) is 9.97 Å². The molecule has 2 heterocycles. The van der Waals surface area contributed by atoms with E-state index in [1.54, 1.807) is 23.8 Å². The summed E-state index contributed by atoms with van der Waals surface area (Å²) in [5, 5.41) is 11.9. The van der Waals surface area contributed by atoms with Gasteiger partial charge in [0.1, 0.15) is 6.33 Å². The average Bonchev–Trinajstić information content (AvgIpc) is 2.74. The van der Waals surface area contributed by atoms with E-state index in [9.17, 15) is 14.9 Å². The molecule has 1 aromatic heterocycles. The molecule has 0 aliphatic carbocycles. The van der Waals surface area contributed by atoms with Gasteiger partial charge in [0.05, 0.1) is 17.4 Å². The molecular weight excluding hydrogens is 374 g/mol. The number of aromatic nitrogens is 2. The van der Waals surface area contributed by atoms with Crippen LogP contribution in [0.1, 0.15) is 25.3 Å². The molecular formula is C20H25N5O4. The number of carbonyl (C=O) groups is 1. The van der Waals surface area contributed by atoms with E-state index in [-0.39, 0.29) is 29.2 Å². The first-order valence-corrected chi connectivity index (χ1v) is 9.67. The zero-order valence-corrected chi connectivity index (χ0v) is 16.7. The number of esters is 1. The number of carbonyl (C=O) groups excluding carboxylic acids is 1. The molecule has 0 amide bonds. The second-order valence-corrected chi connectivity index (χ2v) is 7.01. The van der Waals surface area contributed by atoms with Crippen molar-refractivity contribution in [2.24, 2.45) is 5.92 Å². The molecule has 0 spiro atoms. The van der Waals surface area contributed by atoms with E-state index in [1.165, 1.54) is 6.33 Å². The molecule has 154 valence electrons. The van der Waals surface area contributed by atoms with E-state index < -0.39 is 4.92 Å². The van der Waals surface area contributed by atoms with Crippen LogP contribution in [-0.2, 0) is 16.1 Å². The van der Waals surface area contributed by atoms with Gasteiger partial charge in [0, 0.05) is 26.7 Å². The largest absolute Gasteiger partial charge is 0.466 e. The third-order valence-corrected chi connectivity index (χ3v) is 4.93. The van der Waals surface area contributed by atoms with Gasteiger partial charge in [0.15, 0.2) is 0 Å². The van der Waals surface area contributed by atoms with Gasteiger partial charge in [-0.15, -0.1) is 0 Å². The number of piperidine rings is 1. The number of nitrogens with zero attached hydrogens (tertiary/aromatic N) is 5. The molecule has 9 heteroatoms. The van der Waals surface area contributed by atoms with Crippen molar-refractivity contribution in [3.05, 3.63) is 52.3 Å². The highest BCUT2D eigenvalue weighted by Crippen LogP contribution is 2.36. The lowest BCUT2D eigenvalue weighted by Crippen LogP contribution is -2.40. The maximum Gasteiger partial charge on any atom is 0.353 e. The summed E-state index contributed by atoms with van der Waals surface area (Å²) in [5.74, 6) is -0.0879. The molecule has 0 N–H and O–H groups in total. The van der Waals surface area contributed by atoms with Crippen molar-refractivity contribution in [2.75, 3.05) is 36.5 Å². The monoisotopic (exact) mass is 399 g/mol. The van der Waals surface area contributed by atoms with Crippen LogP contribution >= 0.6 is 0 Å². The molecule has 9 nitrogen and oxygen atoms in total. The lowest BCUT2D eigenvalue weighted by Gasteiger charge is -2.32. The predicted molar refractivity (Wildman–Crippen MR) is 109 cm³/mol. The number of rotatable bonds is 7. The van der Waals surface area contributed by atoms with Crippen LogP contribution in [0, 0.1) is 16.0 Å². The van der Waals surface area contributed by atoms with Crippen molar-refractivity contribution in [3.8, 4) is 0 Å². The van der Waals surface area contributed by atoms with Gasteiger partial charge in [-0.2, -0.15) is 0 Å². The Morgan fingerprint density at radius 2 is 2.10 bits per heavy atom. The Kier molecular flexibility index (Phi) is 6.58. The smallest absolute Gasteiger partial charge is 0.353 e. The summed E-state index contributed by atoms with van der Waals surface area (Å²) in [7, 11) is 1.77. The minimum atomic E-state index is -0.444. The van der Waals surface area contributed by atoms with E-state index in [4.69, 9.17) is 4.74 Å². The van der Waals surface area contributed by atoms with Crippen LogP contribution < -0.4 is 9.80 Å². The van der Waals surface area contributed by atoms with Crippen LogP contribution in [-0.4, -0.2) is 47.6 Å². The topological polar surface area (TPSA) is 102 Å². The van der Waals surface area contributed by atoms with Crippen molar-refractivity contribution in [2.45, 2.75) is 26.3 Å². The van der Waals surface area contributed by atoms with Crippen molar-refractivity contribution < 1.29 is 14.5 Å². The van der Waals surface area contributed by atoms with E-state index in [2.05, 4.69) is 9.97 Å². The Bertz CT molecular complexity index is 861. The number of anilines is 2. The van der Waals surface area contributed by atoms with Crippen LogP contribution in [0.15, 0.2) is 36.7 Å². The summed E-state index contributed by atoms with van der Waals surface area (Å²) in [5.41, 5.74) is 0.875. The highest BCUT2D eigenvalue weighted by atomic mass is 16.6. The minimum absolute atomic E-state index is 0.143. The number of hydrogen-bond acceptors (Lipinski definition) is 8. The number of nitro groups is 1. The number of hydrogen-bond donors (Lipinski definition) is 0. The lowest BCUT2D eigenvalue weighted by atomic mass is 9.98. The van der Waals surface area contributed by atoms with Crippen LogP contribution in [0.25, 0.3) is 0 Å². The third-order valence-electron chi connectivity index (χ3n) is 4.93. The number of ether oxygens (including phenoxy) is 1. The normalized spacial score (nSPS) is 16.3. The second kappa shape index (κ2) is 9.31. The van der Waals surface area contributed by atoms with Gasteiger partial charge in [-0.05, 0) is 25.3 Å². The first-order valence-electron chi connectivity index (χ1n) is 9.67. The Balaban J connectivity index is 1.88. The molecule has 3 rings (SSSR count). The van der Waals surface area contributed by atoms with Gasteiger partial charge < -0.3 is 14.5 Å². The van der Waals surface area contributed by atoms with Gasteiger partial charge in [-0.3, -0.25) is 14.9 Å². The highest BCUT2D eigenvalue weighted by Gasteiger charge is 2.34. The summed E-state index contributed by atoms with van der Waals surface area (Å²) in [6.45, 7) is 3.50. The average molecular weight is 399 g/mol. The molecule has 0 radical (unpaired) electrons. The summed E-state index contributed by atoms with van der Waals surface area (Å²) < 4.78 is 5.13. The van der Waals surface area contributed by atoms with Crippen molar-refractivity contribution >= 4 is 23.3 Å².